The molecule has 45 heavy (non-hydrogen) atoms. The number of amides is 2. The van der Waals surface area contributed by atoms with E-state index in [2.05, 4.69) is 11.9 Å². The number of nitrogens with one attached hydrogen (secondary N) is 1. The maximum absolute atomic E-state index is 13.8. The molecule has 7 atom stereocenters. The summed E-state index contributed by atoms with van der Waals surface area (Å²) in [4.78, 5) is 40.7. The molecule has 4 bridgehead atoms. The van der Waals surface area contributed by atoms with Crippen molar-refractivity contribution in [3.63, 3.8) is 0 Å². The van der Waals surface area contributed by atoms with E-state index in [4.69, 9.17) is 35.3 Å². The van der Waals surface area contributed by atoms with E-state index in [9.17, 15) is 19.5 Å². The number of rotatable bonds is 6. The van der Waals surface area contributed by atoms with E-state index in [1.807, 2.05) is 26.0 Å². The van der Waals surface area contributed by atoms with E-state index in [-0.39, 0.29) is 30.2 Å². The normalized spacial score (nSPS) is 33.9. The number of allylic oxidation sites excluding steroid dienone is 4. The summed E-state index contributed by atoms with van der Waals surface area (Å²) in [5.41, 5.74) is -0.624. The number of ether oxygens (including phenoxy) is 5. The largest absolute Gasteiger partial charge is 0.495 e. The predicted octanol–water partition coefficient (Wildman–Crippen LogP) is 4.63. The average molecular weight is 647 g/mol. The lowest BCUT2D eigenvalue weighted by molar-refractivity contribution is -0.153. The Labute approximate surface area is 269 Å². The summed E-state index contributed by atoms with van der Waals surface area (Å²) in [6, 6.07) is 3.63. The predicted molar refractivity (Wildman–Crippen MR) is 168 cm³/mol. The summed E-state index contributed by atoms with van der Waals surface area (Å²) < 4.78 is 28.8. The van der Waals surface area contributed by atoms with Gasteiger partial charge in [0.2, 0.25) is 5.91 Å². The Morgan fingerprint density at radius 3 is 2.71 bits per heavy atom. The number of benzene rings is 1. The highest BCUT2D eigenvalue weighted by Gasteiger charge is 2.64. The molecule has 12 heteroatoms. The number of carbonyl (C=O) groups is 3. The molecular weight excluding hydrogens is 604 g/mol. The minimum atomic E-state index is -1.77. The Morgan fingerprint density at radius 1 is 1.31 bits per heavy atom. The molecule has 2 saturated heterocycles. The molecule has 0 radical (unpaired) electrons. The van der Waals surface area contributed by atoms with E-state index < -0.39 is 53.7 Å². The van der Waals surface area contributed by atoms with Gasteiger partial charge in [0.1, 0.15) is 34.7 Å². The monoisotopic (exact) mass is 646 g/mol. The van der Waals surface area contributed by atoms with Crippen LogP contribution in [0.4, 0.5) is 10.5 Å². The summed E-state index contributed by atoms with van der Waals surface area (Å²) in [6.45, 7) is 9.18. The maximum atomic E-state index is 13.8. The second-order valence-corrected chi connectivity index (χ2v) is 12.5. The van der Waals surface area contributed by atoms with Gasteiger partial charge in [0.15, 0.2) is 5.72 Å². The lowest BCUT2D eigenvalue weighted by Gasteiger charge is -2.42. The SMILES string of the molecule is C=CCCC(=O)O[C@H]1CC(=O)N(C)c2cc(cc(OC)c2Cl)C/C(C)=C/C=C/[C@@H](OC)[C@@]2(O)C[C@@H](OC(=O)N2)[C@@H](C)[C@@H]2O[C@@]12C. The van der Waals surface area contributed by atoms with Crippen LogP contribution in [0, 0.1) is 5.92 Å². The van der Waals surface area contributed by atoms with Gasteiger partial charge in [-0.2, -0.15) is 0 Å². The van der Waals surface area contributed by atoms with Crippen LogP contribution in [0.2, 0.25) is 5.02 Å². The molecule has 1 aromatic rings. The number of hydrogen-bond donors (Lipinski definition) is 2. The van der Waals surface area contributed by atoms with Crippen molar-refractivity contribution in [1.82, 2.24) is 5.32 Å². The molecule has 0 unspecified atom stereocenters. The summed E-state index contributed by atoms with van der Waals surface area (Å²) in [7, 11) is 4.55. The summed E-state index contributed by atoms with van der Waals surface area (Å²) >= 11 is 6.69. The van der Waals surface area contributed by atoms with Gasteiger partial charge in [0.25, 0.3) is 0 Å². The molecule has 2 fully saturated rings. The Kier molecular flexibility index (Phi) is 10.7. The second kappa shape index (κ2) is 13.9. The van der Waals surface area contributed by atoms with Crippen molar-refractivity contribution in [2.75, 3.05) is 26.2 Å². The molecule has 0 aromatic heterocycles. The number of hydrogen-bond acceptors (Lipinski definition) is 9. The van der Waals surface area contributed by atoms with Crippen LogP contribution in [0.15, 0.2) is 48.6 Å². The van der Waals surface area contributed by atoms with E-state index in [1.165, 1.54) is 19.1 Å². The topological polar surface area (TPSA) is 136 Å². The van der Waals surface area contributed by atoms with Gasteiger partial charge in [0, 0.05) is 32.9 Å². The van der Waals surface area contributed by atoms with E-state index in [0.717, 1.165) is 11.1 Å². The molecule has 0 saturated carbocycles. The number of nitrogens with zero attached hydrogens (tertiary/aromatic N) is 1. The van der Waals surface area contributed by atoms with Crippen molar-refractivity contribution in [3.05, 3.63) is 59.2 Å². The molecule has 3 aliphatic rings. The molecule has 3 aliphatic heterocycles. The fourth-order valence-electron chi connectivity index (χ4n) is 6.04. The number of esters is 1. The lowest BCUT2D eigenvalue weighted by Crippen LogP contribution is -2.63. The van der Waals surface area contributed by atoms with Crippen LogP contribution in [0.25, 0.3) is 0 Å². The fraction of sp³-hybridized carbons (Fsp3) is 0.545. The number of aliphatic hydroxyl groups is 1. The molecule has 11 nitrogen and oxygen atoms in total. The van der Waals surface area contributed by atoms with Crippen molar-refractivity contribution in [3.8, 4) is 5.75 Å². The molecule has 0 spiro atoms. The summed E-state index contributed by atoms with van der Waals surface area (Å²) in [5, 5.41) is 14.4. The quantitative estimate of drug-likeness (QED) is 0.257. The van der Waals surface area contributed by atoms with Crippen LogP contribution in [0.1, 0.15) is 52.0 Å². The van der Waals surface area contributed by atoms with Gasteiger partial charge in [-0.1, -0.05) is 48.4 Å². The molecule has 1 aromatic carbocycles. The lowest BCUT2D eigenvalue weighted by atomic mass is 9.83. The van der Waals surface area contributed by atoms with E-state index >= 15 is 0 Å². The number of anilines is 1. The zero-order valence-electron chi connectivity index (χ0n) is 26.6. The molecule has 3 heterocycles. The minimum Gasteiger partial charge on any atom is -0.495 e. The molecule has 246 valence electrons. The van der Waals surface area contributed by atoms with E-state index in [0.29, 0.717) is 24.3 Å². The fourth-order valence-corrected chi connectivity index (χ4v) is 6.36. The maximum Gasteiger partial charge on any atom is 0.409 e. The number of fused-ring (bicyclic) bond motifs is 5. The van der Waals surface area contributed by atoms with Crippen LogP contribution in [-0.4, -0.2) is 80.1 Å². The van der Waals surface area contributed by atoms with Crippen molar-refractivity contribution in [2.45, 2.75) is 88.6 Å². The number of halogens is 1. The van der Waals surface area contributed by atoms with Crippen LogP contribution in [0.3, 0.4) is 0 Å². The first-order chi connectivity index (χ1) is 21.3. The van der Waals surface area contributed by atoms with Crippen molar-refractivity contribution >= 4 is 35.3 Å². The Morgan fingerprint density at radius 2 is 2.04 bits per heavy atom. The standard InChI is InChI=1S/C33H43ClN2O9/c1-8-9-13-28(38)44-26-17-27(37)36(5)22-15-21(16-23(41-6)29(22)34)14-19(2)11-10-12-25(42-7)33(40)18-24(43-31(39)35-33)20(3)30-32(26,4)45-30/h8,10-12,15-16,20,24-26,30,40H,1,9,13-14,17-18H2,2-7H3,(H,35,39)/b12-10+,19-11+/t20-,24-,25-,26+,30+,32+,33+/m1/s1. The van der Waals surface area contributed by atoms with Crippen LogP contribution < -0.4 is 15.0 Å². The number of alkyl carbamates (subject to hydrolysis) is 1. The highest BCUT2D eigenvalue weighted by molar-refractivity contribution is 6.35. The molecule has 4 rings (SSSR count). The van der Waals surface area contributed by atoms with Crippen LogP contribution in [-0.2, 0) is 35.0 Å². The number of carbonyl (C=O) groups excluding carboxylic acids is 3. The minimum absolute atomic E-state index is 0.00300. The van der Waals surface area contributed by atoms with Crippen molar-refractivity contribution in [1.29, 1.82) is 0 Å². The van der Waals surface area contributed by atoms with Gasteiger partial charge < -0.3 is 33.7 Å². The molecule has 2 N–H and O–H groups in total. The molecule has 0 aliphatic carbocycles. The van der Waals surface area contributed by atoms with Gasteiger partial charge in [-0.15, -0.1) is 6.58 Å². The smallest absolute Gasteiger partial charge is 0.409 e. The zero-order chi connectivity index (χ0) is 33.1. The van der Waals surface area contributed by atoms with Gasteiger partial charge >= 0.3 is 12.1 Å². The highest BCUT2D eigenvalue weighted by atomic mass is 35.5. The zero-order valence-corrected chi connectivity index (χ0v) is 27.4. The Bertz CT molecular complexity index is 1380. The van der Waals surface area contributed by atoms with Crippen LogP contribution >= 0.6 is 11.6 Å². The summed E-state index contributed by atoms with van der Waals surface area (Å²) in [5.74, 6) is -0.907. The number of methoxy groups -OCH3 is 2. The Hall–Kier alpha value is -3.38. The van der Waals surface area contributed by atoms with Gasteiger partial charge in [-0.25, -0.2) is 4.79 Å². The third kappa shape index (κ3) is 7.54. The average Bonchev–Trinajstić information content (AvgIpc) is 3.69. The van der Waals surface area contributed by atoms with Gasteiger partial charge in [-0.3, -0.25) is 14.9 Å². The third-order valence-corrected chi connectivity index (χ3v) is 9.16. The summed E-state index contributed by atoms with van der Waals surface area (Å²) in [6.07, 6.45) is 3.68. The van der Waals surface area contributed by atoms with Crippen molar-refractivity contribution < 1.29 is 43.2 Å². The third-order valence-electron chi connectivity index (χ3n) is 8.78. The van der Waals surface area contributed by atoms with E-state index in [1.54, 1.807) is 38.3 Å². The van der Waals surface area contributed by atoms with Gasteiger partial charge in [-0.05, 0) is 44.4 Å². The number of epoxide rings is 1. The van der Waals surface area contributed by atoms with Crippen molar-refractivity contribution in [2.24, 2.45) is 5.92 Å². The Balaban J connectivity index is 1.78. The molecular formula is C33H43ClN2O9. The first kappa shape index (κ1) is 34.5. The first-order valence-electron chi connectivity index (χ1n) is 14.9. The highest BCUT2D eigenvalue weighted by Crippen LogP contribution is 2.49. The molecule has 2 amide bonds. The van der Waals surface area contributed by atoms with Crippen LogP contribution in [0.5, 0.6) is 5.75 Å². The van der Waals surface area contributed by atoms with Gasteiger partial charge in [0.05, 0.1) is 25.3 Å². The first-order valence-corrected chi connectivity index (χ1v) is 15.3. The second-order valence-electron chi connectivity index (χ2n) is 12.1.